The lowest BCUT2D eigenvalue weighted by atomic mass is 9.44. The molecule has 0 atom stereocenters. The summed E-state index contributed by atoms with van der Waals surface area (Å²) in [5.74, 6) is 5.09. The maximum atomic E-state index is 7.57. The zero-order valence-electron chi connectivity index (χ0n) is 55.0. The van der Waals surface area contributed by atoms with E-state index in [0.717, 1.165) is 63.7 Å². The Morgan fingerprint density at radius 3 is 1.55 bits per heavy atom. The quantitative estimate of drug-likeness (QED) is 0.149. The standard InChI is InChI=1S/C86H86BN3O/c1-82(2,3)58-19-25-63(26-20-58)88(64-27-21-59(22-28-64)83(4,5)6)65-29-32-75-72(43-65)87-79-76(89(75)73-30-23-60(84(7,8)9)39-67(73)57-15-11-10-12-16-57)44-70-66-17-13-14-18-77(66)91-81(70)78(79)71-42-62(86-48-54-36-55(49-86)38-56(37-54)50-86)41-69-68-40-61(24-31-74(68)90(87)80(69)71)85-45-51-33-52(46-85)35-53(34-51)47-85/h10-32,39-44,51-56H,33-38,45-50H2,1-9H3. The summed E-state index contributed by atoms with van der Waals surface area (Å²) >= 11 is 0. The molecule has 9 aromatic carbocycles. The highest BCUT2D eigenvalue weighted by molar-refractivity contribution is 6.90. The molecule has 0 radical (unpaired) electrons. The Morgan fingerprint density at radius 2 is 0.956 bits per heavy atom. The molecule has 8 bridgehead atoms. The molecule has 91 heavy (non-hydrogen) atoms. The van der Waals surface area contributed by atoms with Crippen molar-refractivity contribution in [1.82, 2.24) is 4.48 Å². The molecule has 0 amide bonds. The lowest BCUT2D eigenvalue weighted by Crippen LogP contribution is -2.57. The lowest BCUT2D eigenvalue weighted by molar-refractivity contribution is -0.00527. The van der Waals surface area contributed by atoms with Crippen molar-refractivity contribution in [3.8, 4) is 22.3 Å². The zero-order chi connectivity index (χ0) is 61.4. The second-order valence-electron chi connectivity index (χ2n) is 33.8. The van der Waals surface area contributed by atoms with E-state index >= 15 is 0 Å². The van der Waals surface area contributed by atoms with Crippen LogP contribution in [0.25, 0.3) is 66.0 Å². The highest BCUT2D eigenvalue weighted by Gasteiger charge is 2.55. The number of para-hydroxylation sites is 1. The molecule has 8 fully saturated rings. The Kier molecular flexibility index (Phi) is 11.4. The summed E-state index contributed by atoms with van der Waals surface area (Å²) in [5, 5.41) is 5.27. The third-order valence-corrected chi connectivity index (χ3v) is 24.9. The van der Waals surface area contributed by atoms with Gasteiger partial charge in [0.05, 0.1) is 5.69 Å². The number of aromatic nitrogens is 1. The fraction of sp³-hybridized carbons (Fsp3) is 0.372. The highest BCUT2D eigenvalue weighted by atomic mass is 16.3. The van der Waals surface area contributed by atoms with Gasteiger partial charge in [-0.15, -0.1) is 0 Å². The highest BCUT2D eigenvalue weighted by Crippen LogP contribution is 2.64. The number of hydrogen-bond donors (Lipinski definition) is 0. The molecule has 21 rings (SSSR count). The predicted octanol–water partition coefficient (Wildman–Crippen LogP) is 22.1. The van der Waals surface area contributed by atoms with Crippen LogP contribution in [-0.2, 0) is 27.1 Å². The Labute approximate surface area is 539 Å². The summed E-state index contributed by atoms with van der Waals surface area (Å²) in [6.07, 6.45) is 16.7. The summed E-state index contributed by atoms with van der Waals surface area (Å²) in [6.45, 7) is 20.8. The van der Waals surface area contributed by atoms with Gasteiger partial charge in [-0.1, -0.05) is 147 Å². The first-order valence-electron chi connectivity index (χ1n) is 35.1. The smallest absolute Gasteiger partial charge is 0.333 e. The van der Waals surface area contributed by atoms with Gasteiger partial charge in [-0.25, -0.2) is 0 Å². The van der Waals surface area contributed by atoms with Crippen LogP contribution in [0.4, 0.5) is 34.1 Å². The molecule has 2 aliphatic heterocycles. The molecule has 0 N–H and O–H groups in total. The minimum atomic E-state index is -0.195. The van der Waals surface area contributed by atoms with Crippen LogP contribution in [0.1, 0.15) is 167 Å². The summed E-state index contributed by atoms with van der Waals surface area (Å²) < 4.78 is 10.5. The molecule has 0 unspecified atom stereocenters. The average molecular weight is 1190 g/mol. The van der Waals surface area contributed by atoms with E-state index < -0.39 is 0 Å². The van der Waals surface area contributed by atoms with Crippen molar-refractivity contribution in [3.05, 3.63) is 204 Å². The van der Waals surface area contributed by atoms with E-state index in [1.165, 1.54) is 177 Å². The molecule has 8 saturated carbocycles. The van der Waals surface area contributed by atoms with E-state index in [-0.39, 0.29) is 33.9 Å². The first kappa shape index (κ1) is 54.9. The van der Waals surface area contributed by atoms with Crippen LogP contribution in [0.5, 0.6) is 0 Å². The number of furan rings is 1. The Bertz CT molecular complexity index is 4710. The molecule has 5 heteroatoms. The van der Waals surface area contributed by atoms with Gasteiger partial charge < -0.3 is 18.7 Å². The summed E-state index contributed by atoms with van der Waals surface area (Å²) in [6, 6.07) is 70.1. The van der Waals surface area contributed by atoms with Crippen LogP contribution >= 0.6 is 0 Å². The van der Waals surface area contributed by atoms with Gasteiger partial charge in [0.1, 0.15) is 11.2 Å². The molecular weight excluding hydrogens is 1100 g/mol. The second-order valence-corrected chi connectivity index (χ2v) is 33.8. The van der Waals surface area contributed by atoms with Gasteiger partial charge in [-0.3, -0.25) is 0 Å². The molecule has 4 heterocycles. The number of hydrogen-bond acceptors (Lipinski definition) is 3. The van der Waals surface area contributed by atoms with Crippen LogP contribution in [0, 0.1) is 35.5 Å². The molecule has 11 aromatic rings. The summed E-state index contributed by atoms with van der Waals surface area (Å²) in [5.41, 5.74) is 27.1. The largest absolute Gasteiger partial charge is 0.455 e. The summed E-state index contributed by atoms with van der Waals surface area (Å²) in [7, 11) is 0. The van der Waals surface area contributed by atoms with Crippen molar-refractivity contribution in [2.24, 2.45) is 35.5 Å². The van der Waals surface area contributed by atoms with Crippen LogP contribution < -0.4 is 20.7 Å². The summed E-state index contributed by atoms with van der Waals surface area (Å²) in [4.78, 5) is 5.23. The van der Waals surface area contributed by atoms with Crippen molar-refractivity contribution in [2.45, 2.75) is 166 Å². The normalized spacial score (nSPS) is 25.2. The molecule has 0 spiro atoms. The SMILES string of the molecule is CC(C)(C)c1ccc(N(c2ccc(C(C)(C)C)cc2)c2ccc3c(c2)B2c4c(cc5c(oc6ccccc65)c4-c4cc(C56CC7CC(CC(C7)C5)C6)cc5c6cc(C78CC9CC(CC(C9)C7)C8)ccc6n2c45)N3c2ccc(C(C)(C)C)cc2-c2ccccc2)cc1. The molecular formula is C86H86BN3O. The third-order valence-electron chi connectivity index (χ3n) is 24.9. The topological polar surface area (TPSA) is 24.6 Å². The lowest BCUT2D eigenvalue weighted by Gasteiger charge is -2.57. The van der Waals surface area contributed by atoms with Crippen molar-refractivity contribution in [2.75, 3.05) is 9.80 Å². The minimum absolute atomic E-state index is 0.0151. The fourth-order valence-electron chi connectivity index (χ4n) is 21.4. The van der Waals surface area contributed by atoms with E-state index in [1.807, 2.05) is 0 Å². The van der Waals surface area contributed by atoms with Gasteiger partial charge in [-0.2, -0.15) is 0 Å². The molecule has 454 valence electrons. The van der Waals surface area contributed by atoms with E-state index in [2.05, 4.69) is 253 Å². The van der Waals surface area contributed by atoms with E-state index in [9.17, 15) is 0 Å². The van der Waals surface area contributed by atoms with Gasteiger partial charge in [0.25, 0.3) is 0 Å². The van der Waals surface area contributed by atoms with Gasteiger partial charge in [0.2, 0.25) is 0 Å². The number of anilines is 6. The number of benzene rings is 9. The third kappa shape index (κ3) is 8.19. The van der Waals surface area contributed by atoms with E-state index in [4.69, 9.17) is 4.42 Å². The first-order valence-corrected chi connectivity index (χ1v) is 35.1. The maximum Gasteiger partial charge on any atom is 0.333 e. The van der Waals surface area contributed by atoms with Gasteiger partial charge >= 0.3 is 6.85 Å². The Balaban J connectivity index is 0.942. The maximum absolute atomic E-state index is 7.57. The Morgan fingerprint density at radius 1 is 0.429 bits per heavy atom. The number of rotatable bonds is 7. The minimum Gasteiger partial charge on any atom is -0.455 e. The fourth-order valence-corrected chi connectivity index (χ4v) is 21.4. The number of fused-ring (bicyclic) bond motifs is 11. The molecule has 0 saturated heterocycles. The van der Waals surface area contributed by atoms with Crippen LogP contribution in [0.15, 0.2) is 180 Å². The van der Waals surface area contributed by atoms with Gasteiger partial charge in [0, 0.05) is 77.7 Å². The monoisotopic (exact) mass is 1190 g/mol. The van der Waals surface area contributed by atoms with Gasteiger partial charge in [0.15, 0.2) is 0 Å². The van der Waals surface area contributed by atoms with Gasteiger partial charge in [-0.05, 0) is 275 Å². The molecule has 10 aliphatic rings. The van der Waals surface area contributed by atoms with Crippen molar-refractivity contribution in [1.29, 1.82) is 0 Å². The van der Waals surface area contributed by atoms with Crippen LogP contribution in [-0.4, -0.2) is 11.3 Å². The predicted molar refractivity (Wildman–Crippen MR) is 383 cm³/mol. The first-order chi connectivity index (χ1) is 43.8. The molecule has 4 nitrogen and oxygen atoms in total. The molecule has 2 aromatic heterocycles. The van der Waals surface area contributed by atoms with E-state index in [1.54, 1.807) is 11.1 Å². The van der Waals surface area contributed by atoms with E-state index in [0.29, 0.717) is 0 Å². The van der Waals surface area contributed by atoms with Crippen molar-refractivity contribution in [3.63, 3.8) is 0 Å². The zero-order valence-corrected chi connectivity index (χ0v) is 55.0. The molecule has 8 aliphatic carbocycles. The second kappa shape index (κ2) is 19.0. The number of nitrogens with zero attached hydrogens (tertiary/aromatic N) is 3. The average Bonchev–Trinajstić information content (AvgIpc) is 1.61. The Hall–Kier alpha value is -7.76. The van der Waals surface area contributed by atoms with Crippen molar-refractivity contribution < 1.29 is 4.42 Å². The van der Waals surface area contributed by atoms with Crippen LogP contribution in [0.3, 0.4) is 0 Å². The van der Waals surface area contributed by atoms with Crippen LogP contribution in [0.2, 0.25) is 0 Å². The van der Waals surface area contributed by atoms with Crippen molar-refractivity contribution >= 4 is 95.6 Å².